The van der Waals surface area contributed by atoms with Gasteiger partial charge in [-0.2, -0.15) is 0 Å². The SMILES string of the molecule is CC(C)(C)C1=CC(=C(c2cc3ccccc3s2)N2C3C(Cc4c(Cl)cc(Cl)cc4Cl)C32)C=C(C(C)(C)C)C1=O. The lowest BCUT2D eigenvalue weighted by Crippen LogP contribution is -2.28. The Morgan fingerprint density at radius 1 is 0.872 bits per heavy atom. The summed E-state index contributed by atoms with van der Waals surface area (Å²) in [6, 6.07) is 15.3. The Morgan fingerprint density at radius 2 is 1.44 bits per heavy atom. The molecule has 0 radical (unpaired) electrons. The number of hydrogen-bond acceptors (Lipinski definition) is 3. The van der Waals surface area contributed by atoms with E-state index in [1.807, 2.05) is 11.3 Å². The van der Waals surface area contributed by atoms with E-state index in [1.54, 1.807) is 12.1 Å². The number of fused-ring (bicyclic) bond motifs is 2. The van der Waals surface area contributed by atoms with Crippen LogP contribution in [0, 0.1) is 16.7 Å². The lowest BCUT2D eigenvalue weighted by atomic mass is 9.71. The Kier molecular flexibility index (Phi) is 6.43. The molecule has 3 aromatic rings. The predicted molar refractivity (Wildman–Crippen MR) is 167 cm³/mol. The first-order valence-electron chi connectivity index (χ1n) is 13.4. The van der Waals surface area contributed by atoms with Crippen LogP contribution in [0.2, 0.25) is 15.1 Å². The fourth-order valence-corrected chi connectivity index (χ4v) is 7.96. The molecule has 6 heteroatoms. The first kappa shape index (κ1) is 27.1. The van der Waals surface area contributed by atoms with Gasteiger partial charge in [-0.1, -0.05) is 94.5 Å². The highest BCUT2D eigenvalue weighted by Gasteiger charge is 2.73. The van der Waals surface area contributed by atoms with Gasteiger partial charge in [-0.15, -0.1) is 11.3 Å². The van der Waals surface area contributed by atoms with Crippen molar-refractivity contribution in [2.45, 2.75) is 60.0 Å². The second kappa shape index (κ2) is 9.24. The fraction of sp³-hybridized carbons (Fsp3) is 0.364. The molecule has 2 atom stereocenters. The third kappa shape index (κ3) is 4.80. The predicted octanol–water partition coefficient (Wildman–Crippen LogP) is 10.0. The van der Waals surface area contributed by atoms with E-state index in [9.17, 15) is 4.79 Å². The first-order chi connectivity index (χ1) is 18.3. The minimum atomic E-state index is -0.259. The van der Waals surface area contributed by atoms with Crippen molar-refractivity contribution in [1.29, 1.82) is 0 Å². The van der Waals surface area contributed by atoms with Crippen LogP contribution in [0.3, 0.4) is 0 Å². The van der Waals surface area contributed by atoms with Crippen LogP contribution in [-0.2, 0) is 11.2 Å². The molecule has 2 nitrogen and oxygen atoms in total. The molecule has 2 unspecified atom stereocenters. The summed E-state index contributed by atoms with van der Waals surface area (Å²) in [4.78, 5) is 17.4. The Bertz CT molecular complexity index is 1530. The van der Waals surface area contributed by atoms with Crippen molar-refractivity contribution in [3.05, 3.63) is 96.8 Å². The van der Waals surface area contributed by atoms with Gasteiger partial charge in [0.1, 0.15) is 0 Å². The molecule has 2 aliphatic carbocycles. The largest absolute Gasteiger partial charge is 0.359 e. The Labute approximate surface area is 249 Å². The molecule has 1 aromatic heterocycles. The first-order valence-corrected chi connectivity index (χ1v) is 15.3. The molecule has 6 rings (SSSR count). The number of allylic oxidation sites excluding steroid dienone is 5. The minimum Gasteiger partial charge on any atom is -0.359 e. The van der Waals surface area contributed by atoms with Crippen LogP contribution in [-0.4, -0.2) is 22.8 Å². The molecule has 2 fully saturated rings. The fourth-order valence-electron chi connectivity index (χ4n) is 5.86. The summed E-state index contributed by atoms with van der Waals surface area (Å²) in [6.07, 6.45) is 5.13. The van der Waals surface area contributed by atoms with Gasteiger partial charge >= 0.3 is 0 Å². The number of halogens is 3. The molecule has 39 heavy (non-hydrogen) atoms. The number of rotatable bonds is 4. The van der Waals surface area contributed by atoms with Gasteiger partial charge in [-0.25, -0.2) is 0 Å². The van der Waals surface area contributed by atoms with Crippen molar-refractivity contribution < 1.29 is 4.79 Å². The van der Waals surface area contributed by atoms with Gasteiger partial charge in [0.15, 0.2) is 5.78 Å². The molecule has 2 heterocycles. The van der Waals surface area contributed by atoms with Gasteiger partial charge in [0, 0.05) is 42.4 Å². The molecule has 202 valence electrons. The lowest BCUT2D eigenvalue weighted by Gasteiger charge is -2.32. The Balaban J connectivity index is 1.44. The number of thiophene rings is 1. The zero-order valence-electron chi connectivity index (χ0n) is 23.0. The third-order valence-electron chi connectivity index (χ3n) is 8.08. The van der Waals surface area contributed by atoms with E-state index in [2.05, 4.69) is 88.9 Å². The van der Waals surface area contributed by atoms with Gasteiger partial charge < -0.3 is 4.90 Å². The lowest BCUT2D eigenvalue weighted by molar-refractivity contribution is -0.114. The average molecular weight is 597 g/mol. The summed E-state index contributed by atoms with van der Waals surface area (Å²) in [5.41, 5.74) is 4.56. The monoisotopic (exact) mass is 595 g/mol. The van der Waals surface area contributed by atoms with Crippen molar-refractivity contribution in [3.8, 4) is 0 Å². The summed E-state index contributed by atoms with van der Waals surface area (Å²) >= 11 is 21.0. The number of nitrogens with zero attached hydrogens (tertiary/aromatic N) is 1. The zero-order valence-corrected chi connectivity index (χ0v) is 26.1. The smallest absolute Gasteiger partial charge is 0.186 e. The van der Waals surface area contributed by atoms with Crippen molar-refractivity contribution in [2.24, 2.45) is 16.7 Å². The Hall–Kier alpha value is -2.04. The number of hydrogen-bond donors (Lipinski definition) is 0. The summed E-state index contributed by atoms with van der Waals surface area (Å²) < 4.78 is 1.27. The highest BCUT2D eigenvalue weighted by molar-refractivity contribution is 7.20. The molecule has 0 amide bonds. The second-order valence-electron chi connectivity index (χ2n) is 13.0. The van der Waals surface area contributed by atoms with Crippen LogP contribution in [0.4, 0.5) is 0 Å². The molecule has 1 saturated heterocycles. The van der Waals surface area contributed by atoms with Crippen LogP contribution in [0.1, 0.15) is 52.0 Å². The van der Waals surface area contributed by atoms with E-state index >= 15 is 0 Å². The maximum absolute atomic E-state index is 13.7. The molecule has 3 aliphatic rings. The number of carbonyl (C=O) groups excluding carboxylic acids is 1. The van der Waals surface area contributed by atoms with Crippen molar-refractivity contribution in [1.82, 2.24) is 4.90 Å². The second-order valence-corrected chi connectivity index (χ2v) is 15.3. The number of Topliss-reactive ketones (excluding diaryl/α,β-unsaturated/α-hetero) is 1. The number of carbonyl (C=O) groups is 1. The number of likely N-dealkylation sites (tertiary alicyclic amines) is 1. The van der Waals surface area contributed by atoms with Gasteiger partial charge in [-0.3, -0.25) is 4.79 Å². The summed E-state index contributed by atoms with van der Waals surface area (Å²) in [7, 11) is 0. The van der Waals surface area contributed by atoms with Crippen LogP contribution < -0.4 is 0 Å². The molecule has 1 saturated carbocycles. The van der Waals surface area contributed by atoms with Gasteiger partial charge in [-0.05, 0) is 64.6 Å². The standard InChI is InChI=1S/C33H32Cl3NOS/c1-32(2,3)22-11-18(12-23(31(22)38)33(4,5)6)28(27-13-17-9-7-8-10-26(17)39-27)37-29-21(30(29)37)16-20-24(35)14-19(34)15-25(20)36/h7-15,21,29-30H,16H2,1-6H3. The van der Waals surface area contributed by atoms with Crippen molar-refractivity contribution in [3.63, 3.8) is 0 Å². The van der Waals surface area contributed by atoms with Gasteiger partial charge in [0.05, 0.1) is 22.7 Å². The van der Waals surface area contributed by atoms with E-state index in [1.165, 1.54) is 20.7 Å². The third-order valence-corrected chi connectivity index (χ3v) is 10.1. The highest BCUT2D eigenvalue weighted by atomic mass is 35.5. The average Bonchev–Trinajstić information content (AvgIpc) is 3.68. The van der Waals surface area contributed by atoms with E-state index in [-0.39, 0.29) is 16.6 Å². The number of ketones is 1. The molecule has 0 N–H and O–H groups in total. The molecular formula is C33H32Cl3NOS. The van der Waals surface area contributed by atoms with E-state index in [0.717, 1.165) is 28.7 Å². The summed E-state index contributed by atoms with van der Waals surface area (Å²) in [5, 5.41) is 3.07. The summed E-state index contributed by atoms with van der Waals surface area (Å²) in [5.74, 6) is 0.656. The topological polar surface area (TPSA) is 20.1 Å². The maximum atomic E-state index is 13.7. The van der Waals surface area contributed by atoms with Crippen molar-refractivity contribution in [2.75, 3.05) is 0 Å². The summed E-state index contributed by atoms with van der Waals surface area (Å²) in [6.45, 7) is 12.8. The van der Waals surface area contributed by atoms with Crippen molar-refractivity contribution >= 4 is 67.7 Å². The van der Waals surface area contributed by atoms with E-state index < -0.39 is 0 Å². The van der Waals surface area contributed by atoms with E-state index in [0.29, 0.717) is 33.1 Å². The maximum Gasteiger partial charge on any atom is 0.186 e. The van der Waals surface area contributed by atoms with Gasteiger partial charge in [0.25, 0.3) is 0 Å². The normalized spacial score (nSPS) is 22.6. The quantitative estimate of drug-likeness (QED) is 0.279. The Morgan fingerprint density at radius 3 is 1.97 bits per heavy atom. The van der Waals surface area contributed by atoms with Crippen LogP contribution >= 0.6 is 46.1 Å². The highest BCUT2D eigenvalue weighted by Crippen LogP contribution is 2.64. The zero-order chi connectivity index (χ0) is 28.0. The van der Waals surface area contributed by atoms with E-state index in [4.69, 9.17) is 34.8 Å². The molecule has 0 bridgehead atoms. The van der Waals surface area contributed by atoms with Gasteiger partial charge in [0.2, 0.25) is 0 Å². The minimum absolute atomic E-state index is 0.162. The molecule has 0 spiro atoms. The van der Waals surface area contributed by atoms with Crippen LogP contribution in [0.25, 0.3) is 15.8 Å². The molecular weight excluding hydrogens is 565 g/mol. The molecule has 1 aliphatic heterocycles. The number of benzene rings is 2. The van der Waals surface area contributed by atoms with Crippen LogP contribution in [0.15, 0.2) is 71.3 Å². The van der Waals surface area contributed by atoms with Crippen LogP contribution in [0.5, 0.6) is 0 Å². The molecule has 2 aromatic carbocycles.